The van der Waals surface area contributed by atoms with Crippen LogP contribution in [-0.2, 0) is 14.9 Å². The van der Waals surface area contributed by atoms with E-state index in [0.29, 0.717) is 0 Å². The van der Waals surface area contributed by atoms with Crippen LogP contribution in [0.5, 0.6) is 0 Å². The van der Waals surface area contributed by atoms with Gasteiger partial charge in [0.05, 0.1) is 5.41 Å². The lowest BCUT2D eigenvalue weighted by Crippen LogP contribution is -2.39. The van der Waals surface area contributed by atoms with Crippen molar-refractivity contribution in [3.8, 4) is 0 Å². The summed E-state index contributed by atoms with van der Waals surface area (Å²) in [7, 11) is 0. The molecule has 4 heteroatoms. The summed E-state index contributed by atoms with van der Waals surface area (Å²) in [5.41, 5.74) is 1.90. The highest BCUT2D eigenvalue weighted by molar-refractivity contribution is 6.06. The van der Waals surface area contributed by atoms with Crippen LogP contribution in [0, 0.1) is 5.92 Å². The van der Waals surface area contributed by atoms with Gasteiger partial charge >= 0.3 is 0 Å². The zero-order chi connectivity index (χ0) is 14.3. The maximum Gasteiger partial charge on any atom is 0.236 e. The van der Waals surface area contributed by atoms with Crippen LogP contribution >= 0.6 is 0 Å². The number of carbonyl (C=O) groups excluding carboxylic acids is 1. The number of rotatable bonds is 2. The summed E-state index contributed by atoms with van der Waals surface area (Å²) in [6, 6.07) is 8.17. The molecule has 1 aromatic carbocycles. The van der Waals surface area contributed by atoms with E-state index in [2.05, 4.69) is 16.3 Å². The Bertz CT molecular complexity index is 553. The third kappa shape index (κ3) is 2.17. The number of anilines is 1. The second kappa shape index (κ2) is 5.11. The normalized spacial score (nSPS) is 29.8. The highest BCUT2D eigenvalue weighted by atomic mass is 16.5. The molecule has 0 radical (unpaired) electrons. The van der Waals surface area contributed by atoms with E-state index in [9.17, 15) is 4.79 Å². The SMILES string of the molecule is O=C1Nc2ccccc2C12CCN(CC1CCOCC1)C2. The summed E-state index contributed by atoms with van der Waals surface area (Å²) in [5.74, 6) is 0.923. The number of benzene rings is 1. The Kier molecular flexibility index (Phi) is 3.23. The molecule has 1 spiro atoms. The highest BCUT2D eigenvalue weighted by Crippen LogP contribution is 2.44. The Morgan fingerprint density at radius 2 is 2.10 bits per heavy atom. The lowest BCUT2D eigenvalue weighted by Gasteiger charge is -2.28. The van der Waals surface area contributed by atoms with Crippen LogP contribution in [0.2, 0.25) is 0 Å². The molecule has 1 atom stereocenters. The Morgan fingerprint density at radius 1 is 1.29 bits per heavy atom. The molecule has 112 valence electrons. The van der Waals surface area contributed by atoms with Crippen LogP contribution in [0.15, 0.2) is 24.3 Å². The number of nitrogens with zero attached hydrogens (tertiary/aromatic N) is 1. The number of hydrogen-bond donors (Lipinski definition) is 1. The van der Waals surface area contributed by atoms with E-state index >= 15 is 0 Å². The van der Waals surface area contributed by atoms with Crippen LogP contribution in [0.3, 0.4) is 0 Å². The maximum absolute atomic E-state index is 12.5. The van der Waals surface area contributed by atoms with E-state index in [0.717, 1.165) is 63.7 Å². The monoisotopic (exact) mass is 286 g/mol. The molecule has 3 aliphatic rings. The molecule has 1 amide bonds. The van der Waals surface area contributed by atoms with Gasteiger partial charge in [0.1, 0.15) is 0 Å². The average Bonchev–Trinajstić information content (AvgIpc) is 3.05. The number of hydrogen-bond acceptors (Lipinski definition) is 3. The van der Waals surface area contributed by atoms with Crippen molar-refractivity contribution in [2.75, 3.05) is 38.2 Å². The van der Waals surface area contributed by atoms with Gasteiger partial charge in [0.25, 0.3) is 0 Å². The molecule has 1 unspecified atom stereocenters. The number of likely N-dealkylation sites (tertiary alicyclic amines) is 1. The van der Waals surface area contributed by atoms with Crippen LogP contribution in [0.25, 0.3) is 0 Å². The first-order valence-corrected chi connectivity index (χ1v) is 7.99. The van der Waals surface area contributed by atoms with Gasteiger partial charge in [-0.1, -0.05) is 18.2 Å². The number of carbonyl (C=O) groups is 1. The molecule has 4 rings (SSSR count). The minimum absolute atomic E-state index is 0.193. The van der Waals surface area contributed by atoms with Crippen molar-refractivity contribution in [1.82, 2.24) is 4.90 Å². The van der Waals surface area contributed by atoms with E-state index in [-0.39, 0.29) is 11.3 Å². The Hall–Kier alpha value is -1.39. The second-order valence-electron chi connectivity index (χ2n) is 6.62. The summed E-state index contributed by atoms with van der Waals surface area (Å²) in [6.07, 6.45) is 3.26. The zero-order valence-corrected chi connectivity index (χ0v) is 12.3. The minimum atomic E-state index is -0.304. The van der Waals surface area contributed by atoms with Crippen molar-refractivity contribution in [2.45, 2.75) is 24.7 Å². The molecule has 0 aliphatic carbocycles. The second-order valence-corrected chi connectivity index (χ2v) is 6.62. The van der Waals surface area contributed by atoms with Gasteiger partial charge in [-0.05, 0) is 43.4 Å². The summed E-state index contributed by atoms with van der Waals surface area (Å²) in [4.78, 5) is 15.0. The molecule has 2 fully saturated rings. The van der Waals surface area contributed by atoms with Crippen LogP contribution < -0.4 is 5.32 Å². The van der Waals surface area contributed by atoms with Crippen molar-refractivity contribution in [3.05, 3.63) is 29.8 Å². The fourth-order valence-corrected chi connectivity index (χ4v) is 4.12. The summed E-state index contributed by atoms with van der Waals surface area (Å²) in [6.45, 7) is 4.80. The predicted molar refractivity (Wildman–Crippen MR) is 81.3 cm³/mol. The maximum atomic E-state index is 12.5. The molecule has 21 heavy (non-hydrogen) atoms. The van der Waals surface area contributed by atoms with Gasteiger partial charge < -0.3 is 15.0 Å². The van der Waals surface area contributed by atoms with Gasteiger partial charge in [-0.25, -0.2) is 0 Å². The molecule has 0 bridgehead atoms. The van der Waals surface area contributed by atoms with Gasteiger partial charge in [-0.3, -0.25) is 4.79 Å². The Morgan fingerprint density at radius 3 is 2.95 bits per heavy atom. The molecule has 3 heterocycles. The third-order valence-corrected chi connectivity index (χ3v) is 5.33. The standard InChI is InChI=1S/C17H22N2O2/c20-16-17(14-3-1-2-4-15(14)18-16)7-8-19(12-17)11-13-5-9-21-10-6-13/h1-4,13H,5-12H2,(H,18,20). The molecule has 2 saturated heterocycles. The Labute approximate surface area is 125 Å². The number of nitrogens with one attached hydrogen (secondary N) is 1. The van der Waals surface area contributed by atoms with Crippen LogP contribution in [0.4, 0.5) is 5.69 Å². The molecule has 1 aromatic rings. The van der Waals surface area contributed by atoms with Crippen molar-refractivity contribution < 1.29 is 9.53 Å². The summed E-state index contributed by atoms with van der Waals surface area (Å²) >= 11 is 0. The third-order valence-electron chi connectivity index (χ3n) is 5.33. The van der Waals surface area contributed by atoms with Gasteiger partial charge in [0.15, 0.2) is 0 Å². The molecule has 0 saturated carbocycles. The first-order valence-electron chi connectivity index (χ1n) is 7.99. The Balaban J connectivity index is 1.51. The lowest BCUT2D eigenvalue weighted by molar-refractivity contribution is -0.120. The fourth-order valence-electron chi connectivity index (χ4n) is 4.12. The predicted octanol–water partition coefficient (Wildman–Crippen LogP) is 2.01. The van der Waals surface area contributed by atoms with E-state index < -0.39 is 0 Å². The smallest absolute Gasteiger partial charge is 0.236 e. The molecule has 1 N–H and O–H groups in total. The van der Waals surface area contributed by atoms with Crippen LogP contribution in [0.1, 0.15) is 24.8 Å². The first kappa shape index (κ1) is 13.3. The number of ether oxygens (including phenoxy) is 1. The molecule has 4 nitrogen and oxygen atoms in total. The van der Waals surface area contributed by atoms with Gasteiger partial charge in [0.2, 0.25) is 5.91 Å². The lowest BCUT2D eigenvalue weighted by atomic mass is 9.81. The summed E-state index contributed by atoms with van der Waals surface area (Å²) < 4.78 is 5.44. The number of fused-ring (bicyclic) bond motifs is 2. The van der Waals surface area contributed by atoms with Gasteiger partial charge in [-0.15, -0.1) is 0 Å². The quantitative estimate of drug-likeness (QED) is 0.904. The van der Waals surface area contributed by atoms with Crippen molar-refractivity contribution in [1.29, 1.82) is 0 Å². The largest absolute Gasteiger partial charge is 0.381 e. The van der Waals surface area contributed by atoms with E-state index in [1.165, 1.54) is 5.56 Å². The van der Waals surface area contributed by atoms with Crippen molar-refractivity contribution >= 4 is 11.6 Å². The molecular weight excluding hydrogens is 264 g/mol. The topological polar surface area (TPSA) is 41.6 Å². The number of amides is 1. The average molecular weight is 286 g/mol. The van der Waals surface area contributed by atoms with E-state index in [4.69, 9.17) is 4.74 Å². The van der Waals surface area contributed by atoms with E-state index in [1.54, 1.807) is 0 Å². The first-order chi connectivity index (χ1) is 10.3. The van der Waals surface area contributed by atoms with Crippen molar-refractivity contribution in [3.63, 3.8) is 0 Å². The minimum Gasteiger partial charge on any atom is -0.381 e. The van der Waals surface area contributed by atoms with Gasteiger partial charge in [0, 0.05) is 32.0 Å². The van der Waals surface area contributed by atoms with Crippen molar-refractivity contribution in [2.24, 2.45) is 5.92 Å². The molecule has 0 aromatic heterocycles. The summed E-state index contributed by atoms with van der Waals surface area (Å²) in [5, 5.41) is 3.07. The highest BCUT2D eigenvalue weighted by Gasteiger charge is 2.50. The molecule has 3 aliphatic heterocycles. The van der Waals surface area contributed by atoms with E-state index in [1.807, 2.05) is 18.2 Å². The fraction of sp³-hybridized carbons (Fsp3) is 0.588. The zero-order valence-electron chi connectivity index (χ0n) is 12.3. The molecular formula is C17H22N2O2. The number of para-hydroxylation sites is 1. The van der Waals surface area contributed by atoms with Gasteiger partial charge in [-0.2, -0.15) is 0 Å². The van der Waals surface area contributed by atoms with Crippen LogP contribution in [-0.4, -0.2) is 43.7 Å².